The van der Waals surface area contributed by atoms with Gasteiger partial charge in [0.05, 0.1) is 6.42 Å². The van der Waals surface area contributed by atoms with E-state index in [-0.39, 0.29) is 18.3 Å². The van der Waals surface area contributed by atoms with Crippen molar-refractivity contribution in [2.24, 2.45) is 0 Å². The molecule has 0 heterocycles. The van der Waals surface area contributed by atoms with Crippen LogP contribution in [0.25, 0.3) is 0 Å². The summed E-state index contributed by atoms with van der Waals surface area (Å²) in [4.78, 5) is 13.5. The van der Waals surface area contributed by atoms with Crippen molar-refractivity contribution < 1.29 is 4.79 Å². The van der Waals surface area contributed by atoms with Gasteiger partial charge in [-0.25, -0.2) is 0 Å². The average molecular weight is 277 g/mol. The van der Waals surface area contributed by atoms with Crippen molar-refractivity contribution in [1.82, 2.24) is 10.2 Å². The van der Waals surface area contributed by atoms with Gasteiger partial charge in [-0.1, -0.05) is 23.7 Å². The molecule has 0 atom stereocenters. The second kappa shape index (κ2) is 8.34. The number of carbonyl (C=O) groups excluding carboxylic acids is 1. The summed E-state index contributed by atoms with van der Waals surface area (Å²) < 4.78 is 0. The van der Waals surface area contributed by atoms with Crippen molar-refractivity contribution >= 4 is 29.9 Å². The monoisotopic (exact) mass is 276 g/mol. The van der Waals surface area contributed by atoms with E-state index in [1.165, 1.54) is 0 Å². The molecule has 3 nitrogen and oxygen atoms in total. The maximum Gasteiger partial charge on any atom is 0.226 e. The van der Waals surface area contributed by atoms with Crippen LogP contribution in [0, 0.1) is 0 Å². The maximum absolute atomic E-state index is 11.8. The lowest BCUT2D eigenvalue weighted by atomic mass is 10.1. The Hall–Kier alpha value is -0.770. The van der Waals surface area contributed by atoms with E-state index < -0.39 is 0 Å². The van der Waals surface area contributed by atoms with E-state index in [9.17, 15) is 4.79 Å². The van der Waals surface area contributed by atoms with Gasteiger partial charge in [0.25, 0.3) is 0 Å². The van der Waals surface area contributed by atoms with E-state index in [1.54, 1.807) is 11.0 Å². The molecule has 5 heteroatoms. The summed E-state index contributed by atoms with van der Waals surface area (Å²) in [5.74, 6) is 0.109. The van der Waals surface area contributed by atoms with Crippen LogP contribution in [-0.4, -0.2) is 38.0 Å². The standard InChI is InChI=1S/C12H17ClN2O.ClH/c1-14-6-7-15(2)12(16)9-10-4-3-5-11(13)8-10;/h3-5,8,14H,6-7,9H2,1-2H3;1H. The van der Waals surface area contributed by atoms with Crippen molar-refractivity contribution in [2.45, 2.75) is 6.42 Å². The first-order valence-electron chi connectivity index (χ1n) is 5.26. The van der Waals surface area contributed by atoms with E-state index >= 15 is 0 Å². The molecule has 0 saturated carbocycles. The van der Waals surface area contributed by atoms with Crippen molar-refractivity contribution in [3.05, 3.63) is 34.9 Å². The number of benzene rings is 1. The number of amides is 1. The normalized spacial score (nSPS) is 9.59. The van der Waals surface area contributed by atoms with Gasteiger partial charge in [-0.2, -0.15) is 0 Å². The van der Waals surface area contributed by atoms with Gasteiger partial charge in [0.15, 0.2) is 0 Å². The molecule has 0 aliphatic heterocycles. The van der Waals surface area contributed by atoms with Crippen molar-refractivity contribution in [3.63, 3.8) is 0 Å². The second-order valence-corrected chi connectivity index (χ2v) is 4.16. The van der Waals surface area contributed by atoms with E-state index in [4.69, 9.17) is 11.6 Å². The van der Waals surface area contributed by atoms with Crippen LogP contribution in [0.2, 0.25) is 5.02 Å². The summed E-state index contributed by atoms with van der Waals surface area (Å²) in [6, 6.07) is 7.40. The number of halogens is 2. The second-order valence-electron chi connectivity index (χ2n) is 3.73. The van der Waals surface area contributed by atoms with Crippen molar-refractivity contribution in [2.75, 3.05) is 27.2 Å². The van der Waals surface area contributed by atoms with Crippen LogP contribution in [-0.2, 0) is 11.2 Å². The summed E-state index contributed by atoms with van der Waals surface area (Å²) in [5.41, 5.74) is 0.953. The highest BCUT2D eigenvalue weighted by molar-refractivity contribution is 6.30. The summed E-state index contributed by atoms with van der Waals surface area (Å²) >= 11 is 5.86. The quantitative estimate of drug-likeness (QED) is 0.892. The van der Waals surface area contributed by atoms with Gasteiger partial charge in [-0.15, -0.1) is 12.4 Å². The first kappa shape index (κ1) is 16.2. The number of hydrogen-bond acceptors (Lipinski definition) is 2. The Bertz CT molecular complexity index is 358. The Morgan fingerprint density at radius 2 is 2.18 bits per heavy atom. The number of rotatable bonds is 5. The number of nitrogens with one attached hydrogen (secondary N) is 1. The zero-order valence-electron chi connectivity index (χ0n) is 10.1. The zero-order chi connectivity index (χ0) is 12.0. The van der Waals surface area contributed by atoms with E-state index in [1.807, 2.05) is 32.3 Å². The van der Waals surface area contributed by atoms with Gasteiger partial charge in [0, 0.05) is 25.2 Å². The van der Waals surface area contributed by atoms with Gasteiger partial charge in [0.2, 0.25) is 5.91 Å². The van der Waals surface area contributed by atoms with Crippen LogP contribution < -0.4 is 5.32 Å². The fourth-order valence-corrected chi connectivity index (χ4v) is 1.57. The largest absolute Gasteiger partial charge is 0.344 e. The molecule has 96 valence electrons. The maximum atomic E-state index is 11.8. The Kier molecular flexibility index (Phi) is 7.96. The molecule has 0 aliphatic rings. The SMILES string of the molecule is CNCCN(C)C(=O)Cc1cccc(Cl)c1.Cl. The third-order valence-corrected chi connectivity index (χ3v) is 2.60. The van der Waals surface area contributed by atoms with Crippen LogP contribution in [0.15, 0.2) is 24.3 Å². The summed E-state index contributed by atoms with van der Waals surface area (Å²) in [7, 11) is 3.68. The molecule has 0 unspecified atom stereocenters. The highest BCUT2D eigenvalue weighted by Gasteiger charge is 2.08. The molecule has 1 rings (SSSR count). The Balaban J connectivity index is 0.00000256. The summed E-state index contributed by atoms with van der Waals surface area (Å²) in [5, 5.41) is 3.68. The fourth-order valence-electron chi connectivity index (χ4n) is 1.36. The average Bonchev–Trinajstić information content (AvgIpc) is 2.25. The first-order valence-corrected chi connectivity index (χ1v) is 5.64. The number of nitrogens with zero attached hydrogens (tertiary/aromatic N) is 1. The van der Waals surface area contributed by atoms with Gasteiger partial charge in [0.1, 0.15) is 0 Å². The number of carbonyl (C=O) groups is 1. The molecule has 0 bridgehead atoms. The molecule has 0 aliphatic carbocycles. The summed E-state index contributed by atoms with van der Waals surface area (Å²) in [6.07, 6.45) is 0.404. The Morgan fingerprint density at radius 3 is 2.76 bits per heavy atom. The van der Waals surface area contributed by atoms with E-state index in [0.717, 1.165) is 18.7 Å². The molecule has 1 aromatic carbocycles. The lowest BCUT2D eigenvalue weighted by molar-refractivity contribution is -0.129. The lowest BCUT2D eigenvalue weighted by Crippen LogP contribution is -2.33. The fraction of sp³-hybridized carbons (Fsp3) is 0.417. The van der Waals surface area contributed by atoms with Crippen LogP contribution in [0.5, 0.6) is 0 Å². The molecule has 1 N–H and O–H groups in total. The minimum atomic E-state index is 0. The zero-order valence-corrected chi connectivity index (χ0v) is 11.6. The molecule has 0 saturated heterocycles. The summed E-state index contributed by atoms with van der Waals surface area (Å²) in [6.45, 7) is 1.52. The van der Waals surface area contributed by atoms with E-state index in [2.05, 4.69) is 5.32 Å². The molecule has 17 heavy (non-hydrogen) atoms. The first-order chi connectivity index (χ1) is 7.63. The van der Waals surface area contributed by atoms with E-state index in [0.29, 0.717) is 11.4 Å². The smallest absolute Gasteiger partial charge is 0.226 e. The molecular formula is C12H18Cl2N2O. The molecule has 0 aromatic heterocycles. The molecule has 0 fully saturated rings. The van der Waals surface area contributed by atoms with Gasteiger partial charge < -0.3 is 10.2 Å². The van der Waals surface area contributed by atoms with Crippen LogP contribution >= 0.6 is 24.0 Å². The van der Waals surface area contributed by atoms with Crippen molar-refractivity contribution in [1.29, 1.82) is 0 Å². The number of likely N-dealkylation sites (N-methyl/N-ethyl adjacent to an activating group) is 2. The lowest BCUT2D eigenvalue weighted by Gasteiger charge is -2.16. The number of hydrogen-bond donors (Lipinski definition) is 1. The molecule has 0 radical (unpaired) electrons. The minimum absolute atomic E-state index is 0. The van der Waals surface area contributed by atoms with Crippen molar-refractivity contribution in [3.8, 4) is 0 Å². The predicted octanol–water partition coefficient (Wildman–Crippen LogP) is 1.98. The molecule has 0 spiro atoms. The Labute approximate surface area is 114 Å². The minimum Gasteiger partial charge on any atom is -0.344 e. The topological polar surface area (TPSA) is 32.3 Å². The van der Waals surface area contributed by atoms with Crippen LogP contribution in [0.1, 0.15) is 5.56 Å². The molecule has 1 aromatic rings. The van der Waals surface area contributed by atoms with Gasteiger partial charge in [-0.05, 0) is 24.7 Å². The van der Waals surface area contributed by atoms with Crippen LogP contribution in [0.4, 0.5) is 0 Å². The molecule has 1 amide bonds. The third kappa shape index (κ3) is 5.91. The van der Waals surface area contributed by atoms with Gasteiger partial charge >= 0.3 is 0 Å². The van der Waals surface area contributed by atoms with Gasteiger partial charge in [-0.3, -0.25) is 4.79 Å². The molecular weight excluding hydrogens is 259 g/mol. The van der Waals surface area contributed by atoms with Crippen LogP contribution in [0.3, 0.4) is 0 Å². The highest BCUT2D eigenvalue weighted by Crippen LogP contribution is 2.11. The third-order valence-electron chi connectivity index (χ3n) is 2.37. The predicted molar refractivity (Wildman–Crippen MR) is 74.0 cm³/mol. The Morgan fingerprint density at radius 1 is 1.47 bits per heavy atom. The highest BCUT2D eigenvalue weighted by atomic mass is 35.5.